The molecule has 0 saturated carbocycles. The van der Waals surface area contributed by atoms with Gasteiger partial charge in [0, 0.05) is 45.8 Å². The number of hydrogen-bond donors (Lipinski definition) is 1. The average Bonchev–Trinajstić information content (AvgIpc) is 2.68. The third-order valence-electron chi connectivity index (χ3n) is 5.75. The Balaban J connectivity index is 1.35. The van der Waals surface area contributed by atoms with Gasteiger partial charge in [0.1, 0.15) is 0 Å². The summed E-state index contributed by atoms with van der Waals surface area (Å²) in [5, 5.41) is 2.99. The molecule has 1 aromatic rings. The Labute approximate surface area is 168 Å². The normalized spacial score (nSPS) is 24.1. The van der Waals surface area contributed by atoms with E-state index in [0.29, 0.717) is 31.5 Å². The second-order valence-electron chi connectivity index (χ2n) is 8.56. The molecule has 2 unspecified atom stereocenters. The van der Waals surface area contributed by atoms with Crippen molar-refractivity contribution in [3.63, 3.8) is 0 Å². The first-order valence-electron chi connectivity index (χ1n) is 10.5. The van der Waals surface area contributed by atoms with Gasteiger partial charge in [-0.15, -0.1) is 0 Å². The first kappa shape index (κ1) is 20.8. The summed E-state index contributed by atoms with van der Waals surface area (Å²) in [4.78, 5) is 31.3. The number of nitrogens with one attached hydrogen (secondary N) is 1. The van der Waals surface area contributed by atoms with E-state index in [1.165, 1.54) is 6.42 Å². The van der Waals surface area contributed by atoms with Crippen LogP contribution < -0.4 is 5.32 Å². The molecule has 0 radical (unpaired) electrons. The van der Waals surface area contributed by atoms with Gasteiger partial charge in [-0.1, -0.05) is 44.2 Å². The first-order valence-corrected chi connectivity index (χ1v) is 10.5. The lowest BCUT2D eigenvalue weighted by molar-refractivity contribution is -0.135. The zero-order valence-electron chi connectivity index (χ0n) is 17.3. The van der Waals surface area contributed by atoms with Crippen LogP contribution in [0.3, 0.4) is 0 Å². The fourth-order valence-corrected chi connectivity index (χ4v) is 4.32. The largest absolute Gasteiger partial charge is 0.351 e. The number of nitrogens with zero attached hydrogens (tertiary/aromatic N) is 3. The standard InChI is InChI=1S/C22H34N4O2/c1-18-12-19(2)15-26(14-18)22(28)17-25-10-8-24(9-11-25)16-21(27)23-13-20-6-4-3-5-7-20/h3-7,18-19H,8-17H2,1-2H3,(H,23,27). The van der Waals surface area contributed by atoms with Gasteiger partial charge in [-0.3, -0.25) is 19.4 Å². The van der Waals surface area contributed by atoms with Crippen molar-refractivity contribution in [2.75, 3.05) is 52.4 Å². The van der Waals surface area contributed by atoms with Gasteiger partial charge >= 0.3 is 0 Å². The Hall–Kier alpha value is -1.92. The lowest BCUT2D eigenvalue weighted by Crippen LogP contribution is -2.53. The van der Waals surface area contributed by atoms with E-state index < -0.39 is 0 Å². The molecule has 0 aliphatic carbocycles. The Morgan fingerprint density at radius 3 is 2.11 bits per heavy atom. The van der Waals surface area contributed by atoms with Gasteiger partial charge < -0.3 is 10.2 Å². The molecule has 0 aromatic heterocycles. The van der Waals surface area contributed by atoms with Crippen LogP contribution in [0.15, 0.2) is 30.3 Å². The summed E-state index contributed by atoms with van der Waals surface area (Å²) in [5.41, 5.74) is 1.11. The van der Waals surface area contributed by atoms with Crippen molar-refractivity contribution < 1.29 is 9.59 Å². The van der Waals surface area contributed by atoms with Crippen LogP contribution in [0.4, 0.5) is 0 Å². The minimum Gasteiger partial charge on any atom is -0.351 e. The quantitative estimate of drug-likeness (QED) is 0.804. The molecule has 6 nitrogen and oxygen atoms in total. The van der Waals surface area contributed by atoms with Gasteiger partial charge in [0.25, 0.3) is 0 Å². The van der Waals surface area contributed by atoms with E-state index in [1.807, 2.05) is 35.2 Å². The van der Waals surface area contributed by atoms with E-state index in [1.54, 1.807) is 0 Å². The summed E-state index contributed by atoms with van der Waals surface area (Å²) < 4.78 is 0. The summed E-state index contributed by atoms with van der Waals surface area (Å²) in [6, 6.07) is 9.96. The number of piperazine rings is 1. The Bertz CT molecular complexity index is 633. The summed E-state index contributed by atoms with van der Waals surface area (Å²) in [7, 11) is 0. The number of amides is 2. The van der Waals surface area contributed by atoms with Crippen LogP contribution in [0.1, 0.15) is 25.8 Å². The highest BCUT2D eigenvalue weighted by Gasteiger charge is 2.27. The van der Waals surface area contributed by atoms with E-state index in [2.05, 4.69) is 29.0 Å². The lowest BCUT2D eigenvalue weighted by atomic mass is 9.92. The second kappa shape index (κ2) is 10.0. The molecule has 3 rings (SSSR count). The lowest BCUT2D eigenvalue weighted by Gasteiger charge is -2.38. The zero-order chi connectivity index (χ0) is 19.9. The van der Waals surface area contributed by atoms with E-state index >= 15 is 0 Å². The van der Waals surface area contributed by atoms with Gasteiger partial charge in [0.05, 0.1) is 13.1 Å². The van der Waals surface area contributed by atoms with E-state index in [0.717, 1.165) is 44.8 Å². The van der Waals surface area contributed by atoms with E-state index in [9.17, 15) is 9.59 Å². The van der Waals surface area contributed by atoms with Crippen molar-refractivity contribution in [3.8, 4) is 0 Å². The highest BCUT2D eigenvalue weighted by Crippen LogP contribution is 2.21. The molecule has 154 valence electrons. The predicted molar refractivity (Wildman–Crippen MR) is 111 cm³/mol. The number of carbonyl (C=O) groups is 2. The van der Waals surface area contributed by atoms with E-state index in [4.69, 9.17) is 0 Å². The molecule has 2 aliphatic rings. The number of likely N-dealkylation sites (tertiary alicyclic amines) is 1. The van der Waals surface area contributed by atoms with Gasteiger partial charge in [0.2, 0.25) is 11.8 Å². The van der Waals surface area contributed by atoms with Gasteiger partial charge in [-0.2, -0.15) is 0 Å². The van der Waals surface area contributed by atoms with Crippen molar-refractivity contribution in [1.29, 1.82) is 0 Å². The Morgan fingerprint density at radius 1 is 0.929 bits per heavy atom. The highest BCUT2D eigenvalue weighted by atomic mass is 16.2. The van der Waals surface area contributed by atoms with Crippen molar-refractivity contribution >= 4 is 11.8 Å². The van der Waals surface area contributed by atoms with Crippen LogP contribution in [0, 0.1) is 11.8 Å². The predicted octanol–water partition coefficient (Wildman–Crippen LogP) is 1.42. The molecule has 2 atom stereocenters. The van der Waals surface area contributed by atoms with Crippen molar-refractivity contribution in [1.82, 2.24) is 20.0 Å². The third kappa shape index (κ3) is 6.31. The van der Waals surface area contributed by atoms with Crippen LogP contribution in [0.5, 0.6) is 0 Å². The topological polar surface area (TPSA) is 55.9 Å². The zero-order valence-corrected chi connectivity index (χ0v) is 17.3. The third-order valence-corrected chi connectivity index (χ3v) is 5.75. The van der Waals surface area contributed by atoms with Crippen LogP contribution in [0.2, 0.25) is 0 Å². The molecule has 1 aromatic carbocycles. The first-order chi connectivity index (χ1) is 13.5. The molecule has 2 amide bonds. The summed E-state index contributed by atoms with van der Waals surface area (Å²) in [6.07, 6.45) is 1.22. The van der Waals surface area contributed by atoms with Crippen molar-refractivity contribution in [2.45, 2.75) is 26.8 Å². The molecular formula is C22H34N4O2. The number of benzene rings is 1. The molecule has 2 fully saturated rings. The minimum atomic E-state index is 0.0599. The molecule has 6 heteroatoms. The maximum absolute atomic E-state index is 12.6. The maximum Gasteiger partial charge on any atom is 0.236 e. The van der Waals surface area contributed by atoms with Crippen molar-refractivity contribution in [3.05, 3.63) is 35.9 Å². The number of piperidine rings is 1. The van der Waals surface area contributed by atoms with Crippen LogP contribution in [0.25, 0.3) is 0 Å². The van der Waals surface area contributed by atoms with Crippen LogP contribution in [-0.4, -0.2) is 78.9 Å². The Kier molecular flexibility index (Phi) is 7.45. The molecule has 2 saturated heterocycles. The molecule has 0 spiro atoms. The summed E-state index contributed by atoms with van der Waals surface area (Å²) in [6.45, 7) is 11.1. The maximum atomic E-state index is 12.6. The number of carbonyl (C=O) groups excluding carboxylic acids is 2. The van der Waals surface area contributed by atoms with Crippen molar-refractivity contribution in [2.24, 2.45) is 11.8 Å². The molecule has 1 N–H and O–H groups in total. The smallest absolute Gasteiger partial charge is 0.236 e. The summed E-state index contributed by atoms with van der Waals surface area (Å²) >= 11 is 0. The fourth-order valence-electron chi connectivity index (χ4n) is 4.32. The fraction of sp³-hybridized carbons (Fsp3) is 0.636. The molecule has 2 heterocycles. The van der Waals surface area contributed by atoms with Gasteiger partial charge in [-0.25, -0.2) is 0 Å². The molecular weight excluding hydrogens is 352 g/mol. The molecule has 28 heavy (non-hydrogen) atoms. The monoisotopic (exact) mass is 386 g/mol. The van der Waals surface area contributed by atoms with Gasteiger partial charge in [0.15, 0.2) is 0 Å². The average molecular weight is 387 g/mol. The van der Waals surface area contributed by atoms with Gasteiger partial charge in [-0.05, 0) is 23.8 Å². The molecule has 0 bridgehead atoms. The number of rotatable bonds is 6. The Morgan fingerprint density at radius 2 is 1.50 bits per heavy atom. The minimum absolute atomic E-state index is 0.0599. The van der Waals surface area contributed by atoms with Crippen LogP contribution in [-0.2, 0) is 16.1 Å². The highest BCUT2D eigenvalue weighted by molar-refractivity contribution is 5.78. The second-order valence-corrected chi connectivity index (χ2v) is 8.56. The number of hydrogen-bond acceptors (Lipinski definition) is 4. The molecule has 2 aliphatic heterocycles. The van der Waals surface area contributed by atoms with Crippen LogP contribution >= 0.6 is 0 Å². The van der Waals surface area contributed by atoms with E-state index in [-0.39, 0.29) is 11.8 Å². The SMILES string of the molecule is CC1CC(C)CN(C(=O)CN2CCN(CC(=O)NCc3ccccc3)CC2)C1. The summed E-state index contributed by atoms with van der Waals surface area (Å²) in [5.74, 6) is 1.51.